The van der Waals surface area contributed by atoms with Crippen LogP contribution in [0.25, 0.3) is 0 Å². The van der Waals surface area contributed by atoms with Crippen molar-refractivity contribution < 1.29 is 4.74 Å². The summed E-state index contributed by atoms with van der Waals surface area (Å²) in [5, 5.41) is 0. The molecule has 1 heteroatoms. The first-order valence-corrected chi connectivity index (χ1v) is 5.71. The van der Waals surface area contributed by atoms with Gasteiger partial charge in [-0.25, -0.2) is 0 Å². The van der Waals surface area contributed by atoms with Gasteiger partial charge in [-0.05, 0) is 25.7 Å². The molecule has 0 radical (unpaired) electrons. The van der Waals surface area contributed by atoms with Crippen LogP contribution >= 0.6 is 0 Å². The minimum absolute atomic E-state index is 0.426. The first-order chi connectivity index (χ1) is 6.43. The molecule has 0 N–H and O–H groups in total. The van der Waals surface area contributed by atoms with E-state index in [1.807, 2.05) is 0 Å². The van der Waals surface area contributed by atoms with Crippen LogP contribution in [0.1, 0.15) is 51.9 Å². The monoisotopic (exact) mass is 182 g/mol. The summed E-state index contributed by atoms with van der Waals surface area (Å²) in [5.41, 5.74) is 0. The van der Waals surface area contributed by atoms with Gasteiger partial charge < -0.3 is 4.74 Å². The fourth-order valence-electron chi connectivity index (χ4n) is 1.68. The van der Waals surface area contributed by atoms with E-state index in [9.17, 15) is 0 Å². The molecule has 0 spiro atoms. The average molecular weight is 182 g/mol. The van der Waals surface area contributed by atoms with Crippen molar-refractivity contribution >= 4 is 0 Å². The molecule has 0 aliphatic heterocycles. The lowest BCUT2D eigenvalue weighted by Gasteiger charge is -2.16. The van der Waals surface area contributed by atoms with Gasteiger partial charge in [-0.15, -0.1) is 0 Å². The molecule has 1 aliphatic rings. The maximum Gasteiger partial charge on any atom is 0.0755 e. The molecule has 1 aliphatic carbocycles. The highest BCUT2D eigenvalue weighted by Gasteiger charge is 2.07. The molecular weight excluding hydrogens is 160 g/mol. The lowest BCUT2D eigenvalue weighted by Crippen LogP contribution is -2.13. The van der Waals surface area contributed by atoms with Crippen molar-refractivity contribution in [3.8, 4) is 0 Å². The van der Waals surface area contributed by atoms with E-state index in [-0.39, 0.29) is 0 Å². The molecule has 0 saturated heterocycles. The van der Waals surface area contributed by atoms with Crippen LogP contribution in [0.15, 0.2) is 12.2 Å². The van der Waals surface area contributed by atoms with Gasteiger partial charge in [0.15, 0.2) is 0 Å². The Balaban J connectivity index is 1.92. The summed E-state index contributed by atoms with van der Waals surface area (Å²) in [6.45, 7) is 3.19. The third-order valence-electron chi connectivity index (χ3n) is 2.54. The van der Waals surface area contributed by atoms with Crippen molar-refractivity contribution in [1.29, 1.82) is 0 Å². The Hall–Kier alpha value is -0.300. The molecule has 0 saturated carbocycles. The third-order valence-corrected chi connectivity index (χ3v) is 2.54. The fourth-order valence-corrected chi connectivity index (χ4v) is 1.68. The molecule has 0 amide bonds. The summed E-state index contributed by atoms with van der Waals surface area (Å²) in [6.07, 6.45) is 13.9. The maximum absolute atomic E-state index is 5.74. The second-order valence-corrected chi connectivity index (χ2v) is 3.83. The molecule has 0 aromatic rings. The molecule has 1 unspecified atom stereocenters. The van der Waals surface area contributed by atoms with Crippen LogP contribution in [0.2, 0.25) is 0 Å². The summed E-state index contributed by atoms with van der Waals surface area (Å²) in [4.78, 5) is 0. The highest BCUT2D eigenvalue weighted by molar-refractivity contribution is 4.93. The van der Waals surface area contributed by atoms with Gasteiger partial charge in [0.2, 0.25) is 0 Å². The van der Waals surface area contributed by atoms with E-state index in [2.05, 4.69) is 19.1 Å². The van der Waals surface area contributed by atoms with E-state index in [1.165, 1.54) is 44.9 Å². The van der Waals surface area contributed by atoms with Crippen LogP contribution in [0, 0.1) is 0 Å². The van der Waals surface area contributed by atoms with Gasteiger partial charge in [-0.1, -0.05) is 38.3 Å². The van der Waals surface area contributed by atoms with Gasteiger partial charge in [0.1, 0.15) is 0 Å². The predicted octanol–water partition coefficient (Wildman–Crippen LogP) is 3.69. The van der Waals surface area contributed by atoms with Crippen molar-refractivity contribution in [3.05, 3.63) is 12.2 Å². The number of ether oxygens (including phenoxy) is 1. The van der Waals surface area contributed by atoms with Gasteiger partial charge in [0.05, 0.1) is 6.10 Å². The second kappa shape index (κ2) is 7.14. The van der Waals surface area contributed by atoms with Crippen LogP contribution in [-0.2, 0) is 4.74 Å². The van der Waals surface area contributed by atoms with Crippen LogP contribution in [-0.4, -0.2) is 12.7 Å². The number of hydrogen-bond acceptors (Lipinski definition) is 1. The van der Waals surface area contributed by atoms with Gasteiger partial charge in [-0.2, -0.15) is 0 Å². The van der Waals surface area contributed by atoms with Crippen LogP contribution in [0.3, 0.4) is 0 Å². The van der Waals surface area contributed by atoms with Crippen LogP contribution in [0.5, 0.6) is 0 Å². The molecular formula is C12H22O. The Kier molecular flexibility index (Phi) is 5.92. The Labute approximate surface area is 82.2 Å². The molecule has 1 rings (SSSR count). The largest absolute Gasteiger partial charge is 0.374 e. The van der Waals surface area contributed by atoms with E-state index in [0.717, 1.165) is 6.61 Å². The second-order valence-electron chi connectivity index (χ2n) is 3.83. The summed E-state index contributed by atoms with van der Waals surface area (Å²) < 4.78 is 5.74. The van der Waals surface area contributed by atoms with Crippen molar-refractivity contribution in [2.75, 3.05) is 6.61 Å². The molecule has 0 fully saturated rings. The van der Waals surface area contributed by atoms with Gasteiger partial charge >= 0.3 is 0 Å². The smallest absolute Gasteiger partial charge is 0.0755 e. The van der Waals surface area contributed by atoms with Crippen molar-refractivity contribution in [2.45, 2.75) is 58.0 Å². The molecule has 0 aromatic carbocycles. The van der Waals surface area contributed by atoms with E-state index < -0.39 is 0 Å². The van der Waals surface area contributed by atoms with Crippen molar-refractivity contribution in [2.24, 2.45) is 0 Å². The van der Waals surface area contributed by atoms with Gasteiger partial charge in [0, 0.05) is 6.61 Å². The molecule has 0 bridgehead atoms. The number of rotatable bonds is 6. The quantitative estimate of drug-likeness (QED) is 0.449. The fraction of sp³-hybridized carbons (Fsp3) is 0.833. The molecule has 1 nitrogen and oxygen atoms in total. The first-order valence-electron chi connectivity index (χ1n) is 5.71. The molecule has 0 aromatic heterocycles. The Morgan fingerprint density at radius 3 is 2.92 bits per heavy atom. The predicted molar refractivity (Wildman–Crippen MR) is 56.9 cm³/mol. The normalized spacial score (nSPS) is 22.1. The minimum Gasteiger partial charge on any atom is -0.374 e. The molecule has 76 valence electrons. The van der Waals surface area contributed by atoms with Crippen LogP contribution in [0.4, 0.5) is 0 Å². The SMILES string of the molecule is CCCCCCOC1C=CCCC1. The standard InChI is InChI=1S/C12H22O/c1-2-3-4-8-11-13-12-9-6-5-7-10-12/h6,9,12H,2-5,7-8,10-11H2,1H3. The summed E-state index contributed by atoms with van der Waals surface area (Å²) in [5.74, 6) is 0. The van der Waals surface area contributed by atoms with E-state index >= 15 is 0 Å². The van der Waals surface area contributed by atoms with E-state index in [4.69, 9.17) is 4.74 Å². The van der Waals surface area contributed by atoms with Crippen LogP contribution < -0.4 is 0 Å². The molecule has 0 heterocycles. The van der Waals surface area contributed by atoms with Gasteiger partial charge in [-0.3, -0.25) is 0 Å². The zero-order chi connectivity index (χ0) is 9.36. The van der Waals surface area contributed by atoms with Crippen molar-refractivity contribution in [3.63, 3.8) is 0 Å². The molecule has 13 heavy (non-hydrogen) atoms. The average Bonchev–Trinajstić information content (AvgIpc) is 2.19. The summed E-state index contributed by atoms with van der Waals surface area (Å²) in [6, 6.07) is 0. The summed E-state index contributed by atoms with van der Waals surface area (Å²) >= 11 is 0. The Morgan fingerprint density at radius 1 is 1.31 bits per heavy atom. The highest BCUT2D eigenvalue weighted by atomic mass is 16.5. The van der Waals surface area contributed by atoms with Crippen molar-refractivity contribution in [1.82, 2.24) is 0 Å². The van der Waals surface area contributed by atoms with E-state index in [1.54, 1.807) is 0 Å². The number of hydrogen-bond donors (Lipinski definition) is 0. The minimum atomic E-state index is 0.426. The Bertz CT molecular complexity index is 140. The number of allylic oxidation sites excluding steroid dienone is 1. The Morgan fingerprint density at radius 2 is 2.23 bits per heavy atom. The zero-order valence-electron chi connectivity index (χ0n) is 8.80. The van der Waals surface area contributed by atoms with Gasteiger partial charge in [0.25, 0.3) is 0 Å². The van der Waals surface area contributed by atoms with E-state index in [0.29, 0.717) is 6.10 Å². The zero-order valence-corrected chi connectivity index (χ0v) is 8.80. The molecule has 1 atom stereocenters. The topological polar surface area (TPSA) is 9.23 Å². The first kappa shape index (κ1) is 10.8. The third kappa shape index (κ3) is 5.09. The lowest BCUT2D eigenvalue weighted by molar-refractivity contribution is 0.0723. The maximum atomic E-state index is 5.74. The summed E-state index contributed by atoms with van der Waals surface area (Å²) in [7, 11) is 0. The number of unbranched alkanes of at least 4 members (excludes halogenated alkanes) is 3. The lowest BCUT2D eigenvalue weighted by atomic mass is 10.1. The highest BCUT2D eigenvalue weighted by Crippen LogP contribution is 2.13.